The highest BCUT2D eigenvalue weighted by molar-refractivity contribution is 7.89. The third-order valence-corrected chi connectivity index (χ3v) is 11.3. The van der Waals surface area contributed by atoms with Gasteiger partial charge in [-0.15, -0.1) is 6.58 Å². The Morgan fingerprint density at radius 2 is 1.57 bits per heavy atom. The predicted molar refractivity (Wildman–Crippen MR) is 175 cm³/mol. The van der Waals surface area contributed by atoms with Gasteiger partial charge in [0, 0.05) is 45.3 Å². The minimum absolute atomic E-state index is 0.0701. The summed E-state index contributed by atoms with van der Waals surface area (Å²) >= 11 is 0. The Hall–Kier alpha value is -3.46. The normalized spacial score (nSPS) is 21.3. The second-order valence-corrected chi connectivity index (χ2v) is 14.2. The Bertz CT molecular complexity index is 1470. The van der Waals surface area contributed by atoms with Gasteiger partial charge in [-0.2, -0.15) is 4.31 Å². The Kier molecular flexibility index (Phi) is 10.6. The molecule has 44 heavy (non-hydrogen) atoms. The van der Waals surface area contributed by atoms with Crippen LogP contribution in [0.25, 0.3) is 0 Å². The largest absolute Gasteiger partial charge is 0.445 e. The van der Waals surface area contributed by atoms with E-state index >= 15 is 0 Å². The van der Waals surface area contributed by atoms with E-state index in [0.29, 0.717) is 17.4 Å². The van der Waals surface area contributed by atoms with Crippen LogP contribution >= 0.6 is 0 Å². The quantitative estimate of drug-likeness (QED) is 0.232. The Balaban J connectivity index is 1.21. The molecule has 0 aromatic heterocycles. The zero-order valence-corrected chi connectivity index (χ0v) is 26.7. The first-order valence-electron chi connectivity index (χ1n) is 15.7. The molecule has 1 heterocycles. The fraction of sp³-hybridized carbons (Fsp3) is 0.417. The summed E-state index contributed by atoms with van der Waals surface area (Å²) in [7, 11) is -1.85. The van der Waals surface area contributed by atoms with Gasteiger partial charge in [-0.05, 0) is 67.7 Å². The van der Waals surface area contributed by atoms with Crippen molar-refractivity contribution in [2.45, 2.75) is 62.1 Å². The maximum absolute atomic E-state index is 13.5. The lowest BCUT2D eigenvalue weighted by Crippen LogP contribution is -2.48. The van der Waals surface area contributed by atoms with E-state index in [1.54, 1.807) is 41.7 Å². The van der Waals surface area contributed by atoms with Crippen LogP contribution in [0.15, 0.2) is 102 Å². The third-order valence-electron chi connectivity index (χ3n) is 9.37. The molecule has 5 rings (SSSR count). The molecule has 2 aliphatic rings. The van der Waals surface area contributed by atoms with Crippen LogP contribution in [0.5, 0.6) is 0 Å². The van der Waals surface area contributed by atoms with Crippen LogP contribution in [0.4, 0.5) is 4.79 Å². The zero-order valence-electron chi connectivity index (χ0n) is 25.9. The maximum atomic E-state index is 13.5. The van der Waals surface area contributed by atoms with E-state index in [1.165, 1.54) is 11.1 Å². The van der Waals surface area contributed by atoms with Crippen molar-refractivity contribution in [1.29, 1.82) is 0 Å². The molecule has 1 aliphatic carbocycles. The van der Waals surface area contributed by atoms with Gasteiger partial charge in [0.1, 0.15) is 6.61 Å². The van der Waals surface area contributed by atoms with Crippen LogP contribution in [-0.2, 0) is 21.4 Å². The number of hydrogen-bond donors (Lipinski definition) is 0. The van der Waals surface area contributed by atoms with Gasteiger partial charge in [-0.1, -0.05) is 84.4 Å². The Labute approximate surface area is 263 Å². The number of nitrogens with zero attached hydrogens (tertiary/aromatic N) is 3. The summed E-state index contributed by atoms with van der Waals surface area (Å²) in [5, 5.41) is 0. The van der Waals surface area contributed by atoms with Gasteiger partial charge < -0.3 is 14.5 Å². The fourth-order valence-electron chi connectivity index (χ4n) is 6.83. The number of piperidine rings is 1. The van der Waals surface area contributed by atoms with E-state index in [1.807, 2.05) is 48.2 Å². The highest BCUT2D eigenvalue weighted by Crippen LogP contribution is 2.43. The summed E-state index contributed by atoms with van der Waals surface area (Å²) in [4.78, 5) is 17.8. The molecule has 1 amide bonds. The first-order chi connectivity index (χ1) is 21.3. The van der Waals surface area contributed by atoms with Crippen LogP contribution in [0.3, 0.4) is 0 Å². The number of benzene rings is 3. The number of aryl methyl sites for hydroxylation is 1. The van der Waals surface area contributed by atoms with Crippen molar-refractivity contribution in [3.05, 3.63) is 114 Å². The van der Waals surface area contributed by atoms with Crippen LogP contribution in [0.1, 0.15) is 48.3 Å². The fourth-order valence-corrected chi connectivity index (χ4v) is 8.23. The van der Waals surface area contributed by atoms with E-state index < -0.39 is 10.0 Å². The average Bonchev–Trinajstić information content (AvgIpc) is 3.47. The van der Waals surface area contributed by atoms with Gasteiger partial charge in [0.05, 0.1) is 4.90 Å². The summed E-state index contributed by atoms with van der Waals surface area (Å²) in [6.45, 7) is 9.29. The molecule has 0 N–H and O–H groups in total. The number of likely N-dealkylation sites (tertiary alicyclic amines) is 1. The lowest BCUT2D eigenvalue weighted by Gasteiger charge is -2.39. The molecule has 1 saturated carbocycles. The number of carbonyl (C=O) groups excluding carboxylic acids is 1. The van der Waals surface area contributed by atoms with Crippen LogP contribution < -0.4 is 0 Å². The molecule has 0 bridgehead atoms. The average molecular weight is 616 g/mol. The van der Waals surface area contributed by atoms with Gasteiger partial charge in [0.25, 0.3) is 0 Å². The lowest BCUT2D eigenvalue weighted by molar-refractivity contribution is 0.0629. The van der Waals surface area contributed by atoms with Crippen molar-refractivity contribution in [2.75, 3.05) is 33.2 Å². The third kappa shape index (κ3) is 7.60. The number of ether oxygens (including phenoxy) is 1. The van der Waals surface area contributed by atoms with Gasteiger partial charge in [0.2, 0.25) is 10.0 Å². The molecule has 1 saturated heterocycles. The van der Waals surface area contributed by atoms with Crippen LogP contribution in [-0.4, -0.2) is 73.9 Å². The summed E-state index contributed by atoms with van der Waals surface area (Å²) in [6.07, 6.45) is 4.81. The Morgan fingerprint density at radius 1 is 0.932 bits per heavy atom. The molecule has 3 aromatic carbocycles. The topological polar surface area (TPSA) is 70.2 Å². The van der Waals surface area contributed by atoms with E-state index in [-0.39, 0.29) is 30.7 Å². The van der Waals surface area contributed by atoms with Gasteiger partial charge in [-0.3, -0.25) is 0 Å². The highest BCUT2D eigenvalue weighted by atomic mass is 32.2. The summed E-state index contributed by atoms with van der Waals surface area (Å²) < 4.78 is 34.2. The van der Waals surface area contributed by atoms with Crippen molar-refractivity contribution in [1.82, 2.24) is 14.1 Å². The van der Waals surface area contributed by atoms with E-state index in [4.69, 9.17) is 4.74 Å². The minimum atomic E-state index is -3.58. The molecule has 7 nitrogen and oxygen atoms in total. The van der Waals surface area contributed by atoms with Crippen molar-refractivity contribution in [3.63, 3.8) is 0 Å². The zero-order chi connectivity index (χ0) is 31.1. The SMILES string of the molecule is C=CCN(C(=O)OCc1ccc(C)cc1)C1CCN(C[C@H]2CC(N(C)S(=O)(=O)c3ccccc3)C[C@@H]2c2ccccc2)CC1. The smallest absolute Gasteiger partial charge is 0.410 e. The molecule has 1 unspecified atom stereocenters. The van der Waals surface area contributed by atoms with Gasteiger partial charge >= 0.3 is 6.09 Å². The van der Waals surface area contributed by atoms with Gasteiger partial charge in [-0.25, -0.2) is 13.2 Å². The molecular formula is C36H45N3O4S. The van der Waals surface area contributed by atoms with Crippen molar-refractivity contribution in [3.8, 4) is 0 Å². The maximum Gasteiger partial charge on any atom is 0.410 e. The molecule has 1 aliphatic heterocycles. The Morgan fingerprint density at radius 3 is 2.20 bits per heavy atom. The summed E-state index contributed by atoms with van der Waals surface area (Å²) in [5.74, 6) is 0.609. The van der Waals surface area contributed by atoms with Crippen molar-refractivity contribution >= 4 is 16.1 Å². The van der Waals surface area contributed by atoms with E-state index in [2.05, 4.69) is 35.7 Å². The molecule has 0 radical (unpaired) electrons. The molecule has 234 valence electrons. The highest BCUT2D eigenvalue weighted by Gasteiger charge is 2.41. The minimum Gasteiger partial charge on any atom is -0.445 e. The molecule has 0 spiro atoms. The molecular weight excluding hydrogens is 570 g/mol. The molecule has 3 aromatic rings. The van der Waals surface area contributed by atoms with Gasteiger partial charge in [0.15, 0.2) is 0 Å². The van der Waals surface area contributed by atoms with E-state index in [0.717, 1.165) is 50.9 Å². The first kappa shape index (κ1) is 31.9. The second kappa shape index (κ2) is 14.5. The van der Waals surface area contributed by atoms with Crippen molar-refractivity contribution < 1.29 is 17.9 Å². The molecule has 3 atom stereocenters. The standard InChI is InChI=1S/C36H45N3O4S/c1-4-21-39(36(40)43-27-29-17-15-28(2)16-18-29)32-19-22-38(23-20-32)26-31-24-33(25-35(31)30-11-7-5-8-12-30)37(3)44(41,42)34-13-9-6-10-14-34/h4-18,31-33,35H,1,19-27H2,2-3H3/t31-,33?,35-/m1/s1. The van der Waals surface area contributed by atoms with E-state index in [9.17, 15) is 13.2 Å². The summed E-state index contributed by atoms with van der Waals surface area (Å²) in [5.41, 5.74) is 3.42. The number of hydrogen-bond acceptors (Lipinski definition) is 5. The lowest BCUT2D eigenvalue weighted by atomic mass is 9.88. The molecule has 8 heteroatoms. The second-order valence-electron chi connectivity index (χ2n) is 12.2. The number of amides is 1. The number of carbonyl (C=O) groups is 1. The predicted octanol–water partition coefficient (Wildman–Crippen LogP) is 6.47. The summed E-state index contributed by atoms with van der Waals surface area (Å²) in [6, 6.07) is 27.3. The number of sulfonamides is 1. The van der Waals surface area contributed by atoms with Crippen LogP contribution in [0, 0.1) is 12.8 Å². The molecule has 2 fully saturated rings. The monoisotopic (exact) mass is 615 g/mol. The number of rotatable bonds is 11. The van der Waals surface area contributed by atoms with Crippen LogP contribution in [0.2, 0.25) is 0 Å². The van der Waals surface area contributed by atoms with Crippen molar-refractivity contribution in [2.24, 2.45) is 5.92 Å². The first-order valence-corrected chi connectivity index (χ1v) is 17.1.